The molecule has 0 aromatic heterocycles. The molecule has 2 aliphatic rings. The Bertz CT molecular complexity index is 611. The molecule has 3 rings (SSSR count). The third-order valence-electron chi connectivity index (χ3n) is 3.94. The number of aliphatic imine (C=N–C) groups is 1. The van der Waals surface area contributed by atoms with E-state index in [1.54, 1.807) is 6.08 Å². The van der Waals surface area contributed by atoms with Crippen LogP contribution in [0, 0.1) is 0 Å². The first-order chi connectivity index (χ1) is 10.6. The van der Waals surface area contributed by atoms with E-state index in [-0.39, 0.29) is 5.91 Å². The Labute approximate surface area is 130 Å². The molecule has 0 radical (unpaired) electrons. The van der Waals surface area contributed by atoms with Crippen LogP contribution >= 0.6 is 0 Å². The second-order valence-corrected chi connectivity index (χ2v) is 5.84. The number of amidine groups is 1. The van der Waals surface area contributed by atoms with E-state index in [9.17, 15) is 4.79 Å². The first-order valence-corrected chi connectivity index (χ1v) is 7.68. The molecule has 0 unspecified atom stereocenters. The molecule has 2 aliphatic heterocycles. The van der Waals surface area contributed by atoms with E-state index >= 15 is 0 Å². The molecule has 2 heterocycles. The molecule has 0 bridgehead atoms. The predicted octanol–water partition coefficient (Wildman–Crippen LogP) is 2.49. The number of hydrogen-bond donors (Lipinski definition) is 0. The van der Waals surface area contributed by atoms with Crippen LogP contribution in [0.4, 0.5) is 5.69 Å². The van der Waals surface area contributed by atoms with Crippen LogP contribution in [0.2, 0.25) is 0 Å². The molecule has 1 aromatic rings. The summed E-state index contributed by atoms with van der Waals surface area (Å²) < 4.78 is 5.67. The van der Waals surface area contributed by atoms with Crippen LogP contribution in [-0.4, -0.2) is 44.0 Å². The Kier molecular flexibility index (Phi) is 4.13. The average molecular weight is 299 g/mol. The monoisotopic (exact) mass is 299 g/mol. The lowest BCUT2D eigenvalue weighted by Gasteiger charge is -2.26. The number of rotatable bonds is 2. The molecule has 0 saturated carbocycles. The van der Waals surface area contributed by atoms with Crippen molar-refractivity contribution in [2.45, 2.75) is 19.3 Å². The van der Waals surface area contributed by atoms with Crippen LogP contribution in [-0.2, 0) is 9.53 Å². The standard InChI is InChI=1S/C17H21N3O2/c1-19(2)14-8-6-13(7-9-14)12-15-16(21)18-17(22-15)20-10-4-3-5-11-20/h6-9,12H,3-5,10-11H2,1-2H3/b15-12+. The number of benzene rings is 1. The average Bonchev–Trinajstić information content (AvgIpc) is 2.90. The zero-order valence-electron chi connectivity index (χ0n) is 13.1. The molecule has 5 heteroatoms. The number of carbonyl (C=O) groups is 1. The summed E-state index contributed by atoms with van der Waals surface area (Å²) in [4.78, 5) is 20.1. The lowest BCUT2D eigenvalue weighted by atomic mass is 10.1. The molecule has 116 valence electrons. The first kappa shape index (κ1) is 14.6. The smallest absolute Gasteiger partial charge is 0.317 e. The van der Waals surface area contributed by atoms with Crippen LogP contribution in [0.5, 0.6) is 0 Å². The summed E-state index contributed by atoms with van der Waals surface area (Å²) in [5.74, 6) is 0.00966. The fraction of sp³-hybridized carbons (Fsp3) is 0.412. The number of likely N-dealkylation sites (tertiary alicyclic amines) is 1. The number of piperidine rings is 1. The van der Waals surface area contributed by atoms with Gasteiger partial charge >= 0.3 is 11.9 Å². The molecule has 0 spiro atoms. The summed E-state index contributed by atoms with van der Waals surface area (Å²) in [6, 6.07) is 8.42. The van der Waals surface area contributed by atoms with Gasteiger partial charge in [-0.05, 0) is 43.0 Å². The van der Waals surface area contributed by atoms with Gasteiger partial charge in [0.25, 0.3) is 0 Å². The van der Waals surface area contributed by atoms with Gasteiger partial charge in [0.2, 0.25) is 0 Å². The molecule has 1 saturated heterocycles. The van der Waals surface area contributed by atoms with E-state index in [2.05, 4.69) is 9.89 Å². The topological polar surface area (TPSA) is 45.1 Å². The number of hydrogen-bond acceptors (Lipinski definition) is 4. The SMILES string of the molecule is CN(C)c1ccc(/C=C2/OC(N3CCCCC3)=NC2=O)cc1. The Balaban J connectivity index is 1.71. The van der Waals surface area contributed by atoms with Crippen molar-refractivity contribution < 1.29 is 9.53 Å². The van der Waals surface area contributed by atoms with E-state index in [1.165, 1.54) is 6.42 Å². The minimum Gasteiger partial charge on any atom is -0.420 e. The van der Waals surface area contributed by atoms with E-state index in [1.807, 2.05) is 43.3 Å². The Morgan fingerprint density at radius 3 is 2.45 bits per heavy atom. The molecule has 0 N–H and O–H groups in total. The maximum atomic E-state index is 12.0. The predicted molar refractivity (Wildman–Crippen MR) is 87.7 cm³/mol. The van der Waals surface area contributed by atoms with Crippen LogP contribution in [0.3, 0.4) is 0 Å². The molecule has 1 aromatic carbocycles. The van der Waals surface area contributed by atoms with Gasteiger partial charge in [0.1, 0.15) is 0 Å². The van der Waals surface area contributed by atoms with Crippen molar-refractivity contribution in [3.63, 3.8) is 0 Å². The third-order valence-corrected chi connectivity index (χ3v) is 3.94. The van der Waals surface area contributed by atoms with Gasteiger partial charge < -0.3 is 14.5 Å². The molecule has 1 amide bonds. The fourth-order valence-corrected chi connectivity index (χ4v) is 2.64. The minimum absolute atomic E-state index is 0.294. The van der Waals surface area contributed by atoms with Crippen LogP contribution in [0.15, 0.2) is 35.0 Å². The van der Waals surface area contributed by atoms with Crippen LogP contribution in [0.1, 0.15) is 24.8 Å². The highest BCUT2D eigenvalue weighted by Crippen LogP contribution is 2.21. The van der Waals surface area contributed by atoms with Crippen molar-refractivity contribution in [2.75, 3.05) is 32.1 Å². The lowest BCUT2D eigenvalue weighted by molar-refractivity contribution is -0.115. The molecule has 1 fully saturated rings. The van der Waals surface area contributed by atoms with Gasteiger partial charge in [-0.25, -0.2) is 0 Å². The van der Waals surface area contributed by atoms with Gasteiger partial charge in [0.15, 0.2) is 5.76 Å². The number of ether oxygens (including phenoxy) is 1. The molecule has 0 atom stereocenters. The van der Waals surface area contributed by atoms with E-state index < -0.39 is 0 Å². The molecule has 0 aliphatic carbocycles. The first-order valence-electron chi connectivity index (χ1n) is 7.68. The van der Waals surface area contributed by atoms with Crippen molar-refractivity contribution in [3.05, 3.63) is 35.6 Å². The molecule has 5 nitrogen and oxygen atoms in total. The van der Waals surface area contributed by atoms with Crippen LogP contribution < -0.4 is 4.90 Å². The highest BCUT2D eigenvalue weighted by Gasteiger charge is 2.27. The Hall–Kier alpha value is -2.30. The van der Waals surface area contributed by atoms with E-state index in [4.69, 9.17) is 4.74 Å². The van der Waals surface area contributed by atoms with Gasteiger partial charge in [0, 0.05) is 32.9 Å². The van der Waals surface area contributed by atoms with E-state index in [0.29, 0.717) is 11.8 Å². The highest BCUT2D eigenvalue weighted by molar-refractivity contribution is 6.08. The van der Waals surface area contributed by atoms with Gasteiger partial charge in [0.05, 0.1) is 0 Å². The summed E-state index contributed by atoms with van der Waals surface area (Å²) in [5.41, 5.74) is 2.05. The number of nitrogens with zero attached hydrogens (tertiary/aromatic N) is 3. The van der Waals surface area contributed by atoms with Gasteiger partial charge in [-0.2, -0.15) is 4.99 Å². The second kappa shape index (κ2) is 6.22. The minimum atomic E-state index is -0.294. The van der Waals surface area contributed by atoms with Crippen molar-refractivity contribution in [3.8, 4) is 0 Å². The maximum Gasteiger partial charge on any atom is 0.317 e. The number of amides is 1. The third kappa shape index (κ3) is 3.13. The number of carbonyl (C=O) groups excluding carboxylic acids is 1. The summed E-state index contributed by atoms with van der Waals surface area (Å²) in [6.45, 7) is 1.83. The van der Waals surface area contributed by atoms with Gasteiger partial charge in [-0.15, -0.1) is 0 Å². The zero-order chi connectivity index (χ0) is 15.5. The number of anilines is 1. The fourth-order valence-electron chi connectivity index (χ4n) is 2.64. The van der Waals surface area contributed by atoms with Crippen molar-refractivity contribution in [2.24, 2.45) is 4.99 Å². The van der Waals surface area contributed by atoms with Gasteiger partial charge in [-0.3, -0.25) is 4.79 Å². The van der Waals surface area contributed by atoms with Crippen molar-refractivity contribution in [1.29, 1.82) is 0 Å². The normalized spacial score (nSPS) is 20.1. The Morgan fingerprint density at radius 1 is 1.14 bits per heavy atom. The molecular weight excluding hydrogens is 278 g/mol. The molecule has 22 heavy (non-hydrogen) atoms. The Morgan fingerprint density at radius 2 is 1.82 bits per heavy atom. The summed E-state index contributed by atoms with van der Waals surface area (Å²) >= 11 is 0. The summed E-state index contributed by atoms with van der Waals surface area (Å²) in [5, 5.41) is 0. The van der Waals surface area contributed by atoms with E-state index in [0.717, 1.165) is 37.2 Å². The zero-order valence-corrected chi connectivity index (χ0v) is 13.1. The quantitative estimate of drug-likeness (QED) is 0.787. The van der Waals surface area contributed by atoms with Gasteiger partial charge in [-0.1, -0.05) is 12.1 Å². The summed E-state index contributed by atoms with van der Waals surface area (Å²) in [7, 11) is 3.99. The highest BCUT2D eigenvalue weighted by atomic mass is 16.5. The lowest BCUT2D eigenvalue weighted by Crippen LogP contribution is -2.35. The molecular formula is C17H21N3O2. The largest absolute Gasteiger partial charge is 0.420 e. The maximum absolute atomic E-state index is 12.0. The summed E-state index contributed by atoms with van der Waals surface area (Å²) in [6.07, 6.45) is 5.24. The van der Waals surface area contributed by atoms with Crippen molar-refractivity contribution in [1.82, 2.24) is 4.90 Å². The van der Waals surface area contributed by atoms with Crippen LogP contribution in [0.25, 0.3) is 6.08 Å². The second-order valence-electron chi connectivity index (χ2n) is 5.84. The van der Waals surface area contributed by atoms with Crippen molar-refractivity contribution >= 4 is 23.7 Å².